The third-order valence-electron chi connectivity index (χ3n) is 3.83. The summed E-state index contributed by atoms with van der Waals surface area (Å²) in [6.45, 7) is 1.67. The Bertz CT molecular complexity index is 825. The second-order valence-electron chi connectivity index (χ2n) is 5.63. The number of carbonyl (C=O) groups is 1. The van der Waals surface area contributed by atoms with Gasteiger partial charge in [-0.15, -0.1) is 11.3 Å². The van der Waals surface area contributed by atoms with Gasteiger partial charge >= 0.3 is 0 Å². The number of hydrogen-bond donors (Lipinski definition) is 1. The van der Waals surface area contributed by atoms with E-state index in [4.69, 9.17) is 11.6 Å². The van der Waals surface area contributed by atoms with Crippen molar-refractivity contribution in [1.82, 2.24) is 4.90 Å². The first kappa shape index (κ1) is 17.3. The minimum Gasteiger partial charge on any atom is -0.342 e. The summed E-state index contributed by atoms with van der Waals surface area (Å²) >= 11 is 6.79. The second kappa shape index (κ2) is 7.13. The molecule has 0 saturated carbocycles. The predicted molar refractivity (Wildman–Crippen MR) is 96.1 cm³/mol. The minimum absolute atomic E-state index is 0.119. The van der Waals surface area contributed by atoms with E-state index >= 15 is 0 Å². The van der Waals surface area contributed by atoms with Crippen molar-refractivity contribution < 1.29 is 13.2 Å². The van der Waals surface area contributed by atoms with Crippen molar-refractivity contribution in [2.75, 3.05) is 17.8 Å². The van der Waals surface area contributed by atoms with Gasteiger partial charge in [0, 0.05) is 18.8 Å². The topological polar surface area (TPSA) is 66.5 Å². The summed E-state index contributed by atoms with van der Waals surface area (Å²) in [6, 6.07) is 9.89. The lowest BCUT2D eigenvalue weighted by Gasteiger charge is -2.15. The number of halogens is 1. The molecule has 1 aromatic heterocycles. The Morgan fingerprint density at radius 3 is 2.38 bits per heavy atom. The fourth-order valence-corrected chi connectivity index (χ4v) is 5.13. The molecule has 0 aliphatic carbocycles. The van der Waals surface area contributed by atoms with Crippen molar-refractivity contribution in [3.05, 3.63) is 46.3 Å². The number of likely N-dealkylation sites (tertiary alicyclic amines) is 1. The molecule has 128 valence electrons. The van der Waals surface area contributed by atoms with Crippen LogP contribution in [0.2, 0.25) is 4.34 Å². The van der Waals surface area contributed by atoms with Crippen LogP contribution in [0, 0.1) is 0 Å². The molecule has 0 bridgehead atoms. The Morgan fingerprint density at radius 1 is 1.12 bits per heavy atom. The van der Waals surface area contributed by atoms with Gasteiger partial charge in [-0.05, 0) is 42.7 Å². The van der Waals surface area contributed by atoms with Gasteiger partial charge in [-0.3, -0.25) is 9.52 Å². The number of amides is 1. The van der Waals surface area contributed by atoms with E-state index in [2.05, 4.69) is 4.72 Å². The number of sulfonamides is 1. The number of nitrogens with zero attached hydrogens (tertiary/aromatic N) is 1. The summed E-state index contributed by atoms with van der Waals surface area (Å²) in [7, 11) is -3.63. The average molecular weight is 385 g/mol. The highest BCUT2D eigenvalue weighted by Gasteiger charge is 2.19. The quantitative estimate of drug-likeness (QED) is 0.859. The number of hydrogen-bond acceptors (Lipinski definition) is 4. The third kappa shape index (κ3) is 4.09. The summed E-state index contributed by atoms with van der Waals surface area (Å²) in [5.41, 5.74) is 1.32. The van der Waals surface area contributed by atoms with Gasteiger partial charge in [0.25, 0.3) is 10.0 Å². The first-order valence-electron chi connectivity index (χ1n) is 7.59. The first-order valence-corrected chi connectivity index (χ1v) is 10.3. The summed E-state index contributed by atoms with van der Waals surface area (Å²) in [5, 5.41) is 0. The van der Waals surface area contributed by atoms with Crippen LogP contribution >= 0.6 is 22.9 Å². The molecule has 8 heteroatoms. The second-order valence-corrected chi connectivity index (χ2v) is 9.25. The van der Waals surface area contributed by atoms with Crippen LogP contribution < -0.4 is 4.72 Å². The minimum atomic E-state index is -3.63. The van der Waals surface area contributed by atoms with Crippen molar-refractivity contribution in [3.63, 3.8) is 0 Å². The number of benzene rings is 1. The van der Waals surface area contributed by atoms with Crippen LogP contribution in [0.25, 0.3) is 0 Å². The van der Waals surface area contributed by atoms with E-state index in [1.807, 2.05) is 4.90 Å². The van der Waals surface area contributed by atoms with Crippen molar-refractivity contribution in [2.24, 2.45) is 0 Å². The predicted octanol–water partition coefficient (Wildman–Crippen LogP) is 3.37. The molecule has 0 unspecified atom stereocenters. The molecule has 0 radical (unpaired) electrons. The molecule has 1 aliphatic heterocycles. The first-order chi connectivity index (χ1) is 11.4. The molecule has 1 aliphatic rings. The standard InChI is InChI=1S/C16H17ClN2O3S2/c17-14-7-8-16(23-14)24(21,22)18-13-5-3-12(4-6-13)11-15(20)19-9-1-2-10-19/h3-8,18H,1-2,9-11H2. The number of carbonyl (C=O) groups excluding carboxylic acids is 1. The Labute approximate surface area is 150 Å². The molecule has 1 fully saturated rings. The number of rotatable bonds is 5. The third-order valence-corrected chi connectivity index (χ3v) is 6.94. The normalized spacial score (nSPS) is 14.8. The highest BCUT2D eigenvalue weighted by atomic mass is 35.5. The number of thiophene rings is 1. The molecule has 1 saturated heterocycles. The monoisotopic (exact) mass is 384 g/mol. The van der Waals surface area contributed by atoms with E-state index in [1.54, 1.807) is 30.3 Å². The van der Waals surface area contributed by atoms with E-state index in [0.29, 0.717) is 16.4 Å². The summed E-state index contributed by atoms with van der Waals surface area (Å²) < 4.78 is 27.6. The zero-order valence-corrected chi connectivity index (χ0v) is 15.3. The van der Waals surface area contributed by atoms with Crippen LogP contribution in [-0.4, -0.2) is 32.3 Å². The van der Waals surface area contributed by atoms with Gasteiger partial charge < -0.3 is 4.90 Å². The maximum Gasteiger partial charge on any atom is 0.271 e. The Hall–Kier alpha value is -1.57. The molecule has 1 aromatic carbocycles. The fraction of sp³-hybridized carbons (Fsp3) is 0.312. The van der Waals surface area contributed by atoms with Crippen LogP contribution in [0.4, 0.5) is 5.69 Å². The molecule has 0 atom stereocenters. The molecule has 5 nitrogen and oxygen atoms in total. The lowest BCUT2D eigenvalue weighted by Crippen LogP contribution is -2.29. The summed E-state index contributed by atoms with van der Waals surface area (Å²) in [6.07, 6.45) is 2.48. The summed E-state index contributed by atoms with van der Waals surface area (Å²) in [5.74, 6) is 0.119. The van der Waals surface area contributed by atoms with E-state index in [9.17, 15) is 13.2 Å². The van der Waals surface area contributed by atoms with E-state index < -0.39 is 10.0 Å². The molecular formula is C16H17ClN2O3S2. The lowest BCUT2D eigenvalue weighted by molar-refractivity contribution is -0.129. The van der Waals surface area contributed by atoms with Gasteiger partial charge in [0.1, 0.15) is 4.21 Å². The summed E-state index contributed by atoms with van der Waals surface area (Å²) in [4.78, 5) is 14.0. The van der Waals surface area contributed by atoms with Gasteiger partial charge in [-0.25, -0.2) is 8.42 Å². The molecule has 2 aromatic rings. The van der Waals surface area contributed by atoms with Crippen LogP contribution in [0.1, 0.15) is 18.4 Å². The SMILES string of the molecule is O=C(Cc1ccc(NS(=O)(=O)c2ccc(Cl)s2)cc1)N1CCCC1. The van der Waals surface area contributed by atoms with E-state index in [0.717, 1.165) is 42.8 Å². The van der Waals surface area contributed by atoms with Gasteiger partial charge in [0.15, 0.2) is 0 Å². The molecule has 0 spiro atoms. The lowest BCUT2D eigenvalue weighted by atomic mass is 10.1. The highest BCUT2D eigenvalue weighted by Crippen LogP contribution is 2.27. The number of nitrogens with one attached hydrogen (secondary N) is 1. The van der Waals surface area contributed by atoms with Gasteiger partial charge in [0.05, 0.1) is 10.8 Å². The Kier molecular flexibility index (Phi) is 5.12. The largest absolute Gasteiger partial charge is 0.342 e. The van der Waals surface area contributed by atoms with Crippen molar-refractivity contribution >= 4 is 44.6 Å². The van der Waals surface area contributed by atoms with Gasteiger partial charge in [0.2, 0.25) is 5.91 Å². The number of anilines is 1. The van der Waals surface area contributed by atoms with Gasteiger partial charge in [-0.2, -0.15) is 0 Å². The molecule has 1 N–H and O–H groups in total. The Balaban J connectivity index is 1.65. The zero-order chi connectivity index (χ0) is 17.2. The van der Waals surface area contributed by atoms with E-state index in [1.165, 1.54) is 6.07 Å². The maximum absolute atomic E-state index is 12.2. The zero-order valence-electron chi connectivity index (χ0n) is 12.9. The molecule has 24 heavy (non-hydrogen) atoms. The van der Waals surface area contributed by atoms with Crippen molar-refractivity contribution in [2.45, 2.75) is 23.5 Å². The average Bonchev–Trinajstić information content (AvgIpc) is 3.20. The Morgan fingerprint density at radius 2 is 1.79 bits per heavy atom. The maximum atomic E-state index is 12.2. The van der Waals surface area contributed by atoms with Crippen LogP contribution in [0.3, 0.4) is 0 Å². The van der Waals surface area contributed by atoms with E-state index in [-0.39, 0.29) is 10.1 Å². The van der Waals surface area contributed by atoms with Crippen molar-refractivity contribution in [3.8, 4) is 0 Å². The molecule has 2 heterocycles. The van der Waals surface area contributed by atoms with Crippen LogP contribution in [-0.2, 0) is 21.2 Å². The van der Waals surface area contributed by atoms with Crippen LogP contribution in [0.15, 0.2) is 40.6 Å². The molecule has 3 rings (SSSR count). The molecular weight excluding hydrogens is 368 g/mol. The molecule has 1 amide bonds. The highest BCUT2D eigenvalue weighted by molar-refractivity contribution is 7.94. The fourth-order valence-electron chi connectivity index (χ4n) is 2.59. The smallest absolute Gasteiger partial charge is 0.271 e. The van der Waals surface area contributed by atoms with Crippen LogP contribution in [0.5, 0.6) is 0 Å². The van der Waals surface area contributed by atoms with Gasteiger partial charge in [-0.1, -0.05) is 23.7 Å². The van der Waals surface area contributed by atoms with Crippen molar-refractivity contribution in [1.29, 1.82) is 0 Å².